The Morgan fingerprint density at radius 1 is 1.18 bits per heavy atom. The molecule has 1 aromatic heterocycles. The van der Waals surface area contributed by atoms with Crippen molar-refractivity contribution in [2.45, 2.75) is 13.3 Å². The van der Waals surface area contributed by atoms with E-state index in [0.29, 0.717) is 17.8 Å². The van der Waals surface area contributed by atoms with Crippen LogP contribution >= 0.6 is 11.3 Å². The van der Waals surface area contributed by atoms with E-state index < -0.39 is 10.0 Å². The number of sulfonamides is 1. The minimum absolute atomic E-state index is 0.151. The summed E-state index contributed by atoms with van der Waals surface area (Å²) in [6, 6.07) is 11.2. The number of benzene rings is 1. The molecule has 0 saturated heterocycles. The van der Waals surface area contributed by atoms with Gasteiger partial charge in [0.15, 0.2) is 0 Å². The number of thiophene rings is 1. The molecule has 2 N–H and O–H groups in total. The first-order chi connectivity index (χ1) is 10.3. The van der Waals surface area contributed by atoms with E-state index in [9.17, 15) is 13.2 Å². The molecule has 0 aliphatic heterocycles. The number of carbonyl (C=O) groups is 1. The van der Waals surface area contributed by atoms with Gasteiger partial charge in [0.2, 0.25) is 10.0 Å². The topological polar surface area (TPSA) is 75.3 Å². The van der Waals surface area contributed by atoms with Crippen LogP contribution in [-0.2, 0) is 16.4 Å². The monoisotopic (exact) mass is 338 g/mol. The summed E-state index contributed by atoms with van der Waals surface area (Å²) in [6.45, 7) is 2.27. The lowest BCUT2D eigenvalue weighted by atomic mass is 10.2. The second-order valence-electron chi connectivity index (χ2n) is 4.95. The SMILES string of the molecule is Cc1ccccc1NC(=O)c1ccc(CCNS(C)(=O)=O)s1. The standard InChI is InChI=1S/C15H18N2O3S2/c1-11-5-3-4-6-13(11)17-15(18)14-8-7-12(21-14)9-10-16-22(2,19)20/h3-8,16H,9-10H2,1-2H3,(H,17,18). The van der Waals surface area contributed by atoms with Gasteiger partial charge in [0.1, 0.15) is 0 Å². The molecule has 118 valence electrons. The molecule has 0 radical (unpaired) electrons. The van der Waals surface area contributed by atoms with E-state index in [1.54, 1.807) is 6.07 Å². The molecular formula is C15H18N2O3S2. The third kappa shape index (κ3) is 4.94. The van der Waals surface area contributed by atoms with Gasteiger partial charge < -0.3 is 5.32 Å². The number of carbonyl (C=O) groups excluding carboxylic acids is 1. The van der Waals surface area contributed by atoms with Gasteiger partial charge in [-0.05, 0) is 37.1 Å². The number of nitrogens with one attached hydrogen (secondary N) is 2. The molecule has 1 aromatic carbocycles. The second kappa shape index (κ2) is 7.04. The van der Waals surface area contributed by atoms with Gasteiger partial charge >= 0.3 is 0 Å². The van der Waals surface area contributed by atoms with Crippen LogP contribution in [0.3, 0.4) is 0 Å². The summed E-state index contributed by atoms with van der Waals surface area (Å²) < 4.78 is 24.4. The molecule has 0 atom stereocenters. The normalized spacial score (nSPS) is 11.4. The van der Waals surface area contributed by atoms with Gasteiger partial charge in [0.25, 0.3) is 5.91 Å². The van der Waals surface area contributed by atoms with E-state index in [-0.39, 0.29) is 5.91 Å². The highest BCUT2D eigenvalue weighted by Crippen LogP contribution is 2.20. The number of hydrogen-bond acceptors (Lipinski definition) is 4. The number of hydrogen-bond donors (Lipinski definition) is 2. The summed E-state index contributed by atoms with van der Waals surface area (Å²) in [5.41, 5.74) is 1.80. The van der Waals surface area contributed by atoms with Crippen LogP contribution in [0.15, 0.2) is 36.4 Å². The van der Waals surface area contributed by atoms with Gasteiger partial charge in [-0.3, -0.25) is 4.79 Å². The van der Waals surface area contributed by atoms with Crippen molar-refractivity contribution in [1.29, 1.82) is 0 Å². The average Bonchev–Trinajstić information content (AvgIpc) is 2.89. The van der Waals surface area contributed by atoms with Gasteiger partial charge in [-0.15, -0.1) is 11.3 Å². The number of aryl methyl sites for hydroxylation is 1. The van der Waals surface area contributed by atoms with E-state index >= 15 is 0 Å². The summed E-state index contributed by atoms with van der Waals surface area (Å²) >= 11 is 1.37. The molecule has 0 spiro atoms. The summed E-state index contributed by atoms with van der Waals surface area (Å²) in [4.78, 5) is 13.8. The van der Waals surface area contributed by atoms with Gasteiger partial charge in [-0.25, -0.2) is 13.1 Å². The Bertz CT molecular complexity index is 767. The highest BCUT2D eigenvalue weighted by atomic mass is 32.2. The van der Waals surface area contributed by atoms with Crippen molar-refractivity contribution in [2.24, 2.45) is 0 Å². The largest absolute Gasteiger partial charge is 0.321 e. The van der Waals surface area contributed by atoms with E-state index in [2.05, 4.69) is 10.0 Å². The van der Waals surface area contributed by atoms with Crippen molar-refractivity contribution in [2.75, 3.05) is 18.1 Å². The van der Waals surface area contributed by atoms with Crippen LogP contribution < -0.4 is 10.0 Å². The molecule has 0 unspecified atom stereocenters. The summed E-state index contributed by atoms with van der Waals surface area (Å²) in [5, 5.41) is 2.88. The molecule has 0 saturated carbocycles. The molecule has 1 heterocycles. The van der Waals surface area contributed by atoms with Crippen LogP contribution in [0.25, 0.3) is 0 Å². The maximum atomic E-state index is 12.2. The molecule has 0 bridgehead atoms. The first-order valence-corrected chi connectivity index (χ1v) is 9.46. The Kier molecular flexibility index (Phi) is 5.33. The van der Waals surface area contributed by atoms with Gasteiger partial charge in [0.05, 0.1) is 11.1 Å². The summed E-state index contributed by atoms with van der Waals surface area (Å²) in [5.74, 6) is -0.151. The van der Waals surface area contributed by atoms with Crippen LogP contribution in [-0.4, -0.2) is 27.1 Å². The van der Waals surface area contributed by atoms with E-state index in [0.717, 1.165) is 22.4 Å². The number of rotatable bonds is 6. The minimum Gasteiger partial charge on any atom is -0.321 e. The first kappa shape index (κ1) is 16.7. The second-order valence-corrected chi connectivity index (χ2v) is 7.95. The van der Waals surface area contributed by atoms with Crippen molar-refractivity contribution < 1.29 is 13.2 Å². The third-order valence-corrected chi connectivity index (χ3v) is 4.89. The average molecular weight is 338 g/mol. The molecule has 0 aliphatic carbocycles. The molecule has 22 heavy (non-hydrogen) atoms. The fourth-order valence-corrected chi connectivity index (χ4v) is 3.27. The van der Waals surface area contributed by atoms with Gasteiger partial charge in [0, 0.05) is 17.1 Å². The highest BCUT2D eigenvalue weighted by molar-refractivity contribution is 7.88. The zero-order chi connectivity index (χ0) is 16.2. The summed E-state index contributed by atoms with van der Waals surface area (Å²) in [6.07, 6.45) is 1.69. The molecule has 7 heteroatoms. The molecule has 1 amide bonds. The maximum Gasteiger partial charge on any atom is 0.265 e. The van der Waals surface area contributed by atoms with Crippen LogP contribution in [0.2, 0.25) is 0 Å². The lowest BCUT2D eigenvalue weighted by Crippen LogP contribution is -2.24. The molecule has 2 aromatic rings. The van der Waals surface area contributed by atoms with Gasteiger partial charge in [-0.1, -0.05) is 18.2 Å². The Hall–Kier alpha value is -1.70. The van der Waals surface area contributed by atoms with E-state index in [4.69, 9.17) is 0 Å². The van der Waals surface area contributed by atoms with Crippen molar-refractivity contribution in [1.82, 2.24) is 4.72 Å². The molecule has 0 fully saturated rings. The molecular weight excluding hydrogens is 320 g/mol. The first-order valence-electron chi connectivity index (χ1n) is 6.75. The predicted molar refractivity (Wildman–Crippen MR) is 90.0 cm³/mol. The van der Waals surface area contributed by atoms with E-state index in [1.165, 1.54) is 11.3 Å². The minimum atomic E-state index is -3.17. The smallest absolute Gasteiger partial charge is 0.265 e. The zero-order valence-corrected chi connectivity index (χ0v) is 14.1. The van der Waals surface area contributed by atoms with Crippen molar-refractivity contribution in [3.63, 3.8) is 0 Å². The molecule has 2 rings (SSSR count). The highest BCUT2D eigenvalue weighted by Gasteiger charge is 2.11. The van der Waals surface area contributed by atoms with Crippen LogP contribution in [0.4, 0.5) is 5.69 Å². The fraction of sp³-hybridized carbons (Fsp3) is 0.267. The third-order valence-electron chi connectivity index (χ3n) is 3.01. The number of para-hydroxylation sites is 1. The molecule has 5 nitrogen and oxygen atoms in total. The Labute approximate surface area is 134 Å². The Morgan fingerprint density at radius 3 is 2.59 bits per heavy atom. The van der Waals surface area contributed by atoms with Crippen molar-refractivity contribution in [3.8, 4) is 0 Å². The number of amides is 1. The van der Waals surface area contributed by atoms with Crippen molar-refractivity contribution >= 4 is 33.0 Å². The lowest BCUT2D eigenvalue weighted by molar-refractivity contribution is 0.103. The number of anilines is 1. The van der Waals surface area contributed by atoms with Crippen molar-refractivity contribution in [3.05, 3.63) is 51.7 Å². The molecule has 0 aliphatic rings. The summed E-state index contributed by atoms with van der Waals surface area (Å²) in [7, 11) is -3.17. The van der Waals surface area contributed by atoms with Crippen LogP contribution in [0.5, 0.6) is 0 Å². The lowest BCUT2D eigenvalue weighted by Gasteiger charge is -2.06. The quantitative estimate of drug-likeness (QED) is 0.849. The van der Waals surface area contributed by atoms with E-state index in [1.807, 2.05) is 37.3 Å². The van der Waals surface area contributed by atoms with Crippen LogP contribution in [0, 0.1) is 6.92 Å². The van der Waals surface area contributed by atoms with Gasteiger partial charge in [-0.2, -0.15) is 0 Å². The Balaban J connectivity index is 1.96. The maximum absolute atomic E-state index is 12.2. The zero-order valence-electron chi connectivity index (χ0n) is 12.4. The fourth-order valence-electron chi connectivity index (χ4n) is 1.89. The Morgan fingerprint density at radius 2 is 1.91 bits per heavy atom. The predicted octanol–water partition coefficient (Wildman–Crippen LogP) is 2.40. The van der Waals surface area contributed by atoms with Crippen LogP contribution in [0.1, 0.15) is 20.1 Å².